The van der Waals surface area contributed by atoms with Gasteiger partial charge in [0.25, 0.3) is 5.56 Å². The lowest BCUT2D eigenvalue weighted by Crippen LogP contribution is -2.43. The largest absolute Gasteiger partial charge is 0.497 e. The number of aromatic nitrogens is 2. The van der Waals surface area contributed by atoms with Crippen molar-refractivity contribution >= 4 is 27.5 Å². The maximum Gasteiger partial charge on any atom is 0.332 e. The van der Waals surface area contributed by atoms with Crippen molar-refractivity contribution in [3.05, 3.63) is 62.1 Å². The molecule has 4 rings (SSSR count). The SMILES string of the molecule is COc1cccc(Cn2c(=O)c3sccc3n(CC(=O)NC3CCCC3)c2=O)c1. The number of nitrogens with zero attached hydrogens (tertiary/aromatic N) is 2. The average Bonchev–Trinajstić information content (AvgIpc) is 3.41. The van der Waals surface area contributed by atoms with Crippen LogP contribution in [0.1, 0.15) is 31.2 Å². The van der Waals surface area contributed by atoms with Gasteiger partial charge in [-0.05, 0) is 42.0 Å². The lowest BCUT2D eigenvalue weighted by Gasteiger charge is -2.15. The zero-order valence-electron chi connectivity index (χ0n) is 16.2. The highest BCUT2D eigenvalue weighted by atomic mass is 32.1. The molecule has 152 valence electrons. The summed E-state index contributed by atoms with van der Waals surface area (Å²) in [6, 6.07) is 9.16. The standard InChI is InChI=1S/C21H23N3O4S/c1-28-16-8-4-5-14(11-16)12-24-20(26)19-17(9-10-29-19)23(21(24)27)13-18(25)22-15-6-2-3-7-15/h4-5,8-11,15H,2-3,6-7,12-13H2,1H3,(H,22,25). The van der Waals surface area contributed by atoms with Gasteiger partial charge in [-0.3, -0.25) is 18.7 Å². The zero-order chi connectivity index (χ0) is 20.4. The maximum absolute atomic E-state index is 13.2. The number of methoxy groups -OCH3 is 1. The molecule has 1 aromatic carbocycles. The quantitative estimate of drug-likeness (QED) is 0.673. The Balaban J connectivity index is 1.70. The number of carbonyl (C=O) groups excluding carboxylic acids is 1. The summed E-state index contributed by atoms with van der Waals surface area (Å²) < 4.78 is 8.29. The average molecular weight is 413 g/mol. The third-order valence-corrected chi connectivity index (χ3v) is 6.22. The second-order valence-corrected chi connectivity index (χ2v) is 8.21. The van der Waals surface area contributed by atoms with Crippen LogP contribution >= 0.6 is 11.3 Å². The molecule has 8 heteroatoms. The molecule has 29 heavy (non-hydrogen) atoms. The predicted molar refractivity (Wildman–Crippen MR) is 113 cm³/mol. The molecule has 0 aliphatic heterocycles. The smallest absolute Gasteiger partial charge is 0.332 e. The van der Waals surface area contributed by atoms with Gasteiger partial charge < -0.3 is 10.1 Å². The van der Waals surface area contributed by atoms with E-state index in [1.54, 1.807) is 30.7 Å². The molecule has 0 bridgehead atoms. The topological polar surface area (TPSA) is 82.3 Å². The monoisotopic (exact) mass is 413 g/mol. The number of thiophene rings is 1. The van der Waals surface area contributed by atoms with E-state index in [1.807, 2.05) is 12.1 Å². The fraction of sp³-hybridized carbons (Fsp3) is 0.381. The molecule has 1 aliphatic carbocycles. The molecule has 0 spiro atoms. The van der Waals surface area contributed by atoms with Crippen molar-refractivity contribution in [2.24, 2.45) is 0 Å². The van der Waals surface area contributed by atoms with Gasteiger partial charge in [0.1, 0.15) is 17.0 Å². The maximum atomic E-state index is 13.2. The van der Waals surface area contributed by atoms with Crippen LogP contribution in [-0.2, 0) is 17.9 Å². The highest BCUT2D eigenvalue weighted by Gasteiger charge is 2.20. The van der Waals surface area contributed by atoms with Crippen molar-refractivity contribution < 1.29 is 9.53 Å². The van der Waals surface area contributed by atoms with Crippen LogP contribution in [0.15, 0.2) is 45.3 Å². The van der Waals surface area contributed by atoms with E-state index >= 15 is 0 Å². The first-order valence-corrected chi connectivity index (χ1v) is 10.6. The second-order valence-electron chi connectivity index (χ2n) is 7.30. The summed E-state index contributed by atoms with van der Waals surface area (Å²) in [6.07, 6.45) is 4.18. The van der Waals surface area contributed by atoms with Crippen LogP contribution in [-0.4, -0.2) is 28.2 Å². The van der Waals surface area contributed by atoms with Crippen molar-refractivity contribution in [1.29, 1.82) is 0 Å². The van der Waals surface area contributed by atoms with Gasteiger partial charge in [0, 0.05) is 6.04 Å². The fourth-order valence-corrected chi connectivity index (χ4v) is 4.71. The van der Waals surface area contributed by atoms with Crippen LogP contribution in [0.4, 0.5) is 0 Å². The first-order valence-electron chi connectivity index (χ1n) is 9.70. The molecule has 2 heterocycles. The van der Waals surface area contributed by atoms with Gasteiger partial charge >= 0.3 is 5.69 Å². The van der Waals surface area contributed by atoms with Crippen LogP contribution in [0.2, 0.25) is 0 Å². The number of hydrogen-bond acceptors (Lipinski definition) is 5. The Hall–Kier alpha value is -2.87. The van der Waals surface area contributed by atoms with E-state index in [4.69, 9.17) is 4.74 Å². The van der Waals surface area contributed by atoms with Crippen molar-refractivity contribution in [3.8, 4) is 5.75 Å². The summed E-state index contributed by atoms with van der Waals surface area (Å²) in [6.45, 7) is 0.0217. The third-order valence-electron chi connectivity index (χ3n) is 5.33. The molecule has 7 nitrogen and oxygen atoms in total. The van der Waals surface area contributed by atoms with Crippen molar-refractivity contribution in [1.82, 2.24) is 14.5 Å². The van der Waals surface area contributed by atoms with E-state index in [-0.39, 0.29) is 30.6 Å². The Morgan fingerprint density at radius 3 is 2.76 bits per heavy atom. The molecule has 2 aromatic heterocycles. The molecule has 1 amide bonds. The summed E-state index contributed by atoms with van der Waals surface area (Å²) in [7, 11) is 1.57. The van der Waals surface area contributed by atoms with E-state index in [0.29, 0.717) is 16.0 Å². The highest BCUT2D eigenvalue weighted by Crippen LogP contribution is 2.19. The van der Waals surface area contributed by atoms with Crippen LogP contribution < -0.4 is 21.3 Å². The van der Waals surface area contributed by atoms with Crippen molar-refractivity contribution in [2.45, 2.75) is 44.8 Å². The molecule has 1 fully saturated rings. The van der Waals surface area contributed by atoms with Crippen LogP contribution in [0.5, 0.6) is 5.75 Å². The number of ether oxygens (including phenoxy) is 1. The number of nitrogens with one attached hydrogen (secondary N) is 1. The number of fused-ring (bicyclic) bond motifs is 1. The third kappa shape index (κ3) is 3.98. The Labute approximate surface area is 171 Å². The Morgan fingerprint density at radius 2 is 2.00 bits per heavy atom. The van der Waals surface area contributed by atoms with E-state index in [9.17, 15) is 14.4 Å². The Kier molecular flexibility index (Phi) is 5.53. The van der Waals surface area contributed by atoms with Gasteiger partial charge in [-0.2, -0.15) is 0 Å². The fourth-order valence-electron chi connectivity index (χ4n) is 3.87. The Morgan fingerprint density at radius 1 is 1.21 bits per heavy atom. The minimum atomic E-state index is -0.481. The molecular weight excluding hydrogens is 390 g/mol. The van der Waals surface area contributed by atoms with Gasteiger partial charge in [-0.25, -0.2) is 4.79 Å². The van der Waals surface area contributed by atoms with Crippen LogP contribution in [0.3, 0.4) is 0 Å². The molecule has 0 radical (unpaired) electrons. The van der Waals surface area contributed by atoms with Gasteiger partial charge in [-0.1, -0.05) is 25.0 Å². The molecule has 1 N–H and O–H groups in total. The number of hydrogen-bond donors (Lipinski definition) is 1. The second kappa shape index (κ2) is 8.24. The molecular formula is C21H23N3O4S. The summed E-state index contributed by atoms with van der Waals surface area (Å²) >= 11 is 1.28. The number of carbonyl (C=O) groups is 1. The summed E-state index contributed by atoms with van der Waals surface area (Å²) in [5.74, 6) is 0.460. The Bertz CT molecular complexity index is 1150. The molecule has 3 aromatic rings. The highest BCUT2D eigenvalue weighted by molar-refractivity contribution is 7.17. The van der Waals surface area contributed by atoms with Gasteiger partial charge in [0.15, 0.2) is 0 Å². The van der Waals surface area contributed by atoms with E-state index in [1.165, 1.54) is 20.5 Å². The number of amides is 1. The molecule has 0 atom stereocenters. The van der Waals surface area contributed by atoms with Crippen molar-refractivity contribution in [3.63, 3.8) is 0 Å². The summed E-state index contributed by atoms with van der Waals surface area (Å²) in [4.78, 5) is 38.6. The minimum Gasteiger partial charge on any atom is -0.497 e. The minimum absolute atomic E-state index is 0.0963. The van der Waals surface area contributed by atoms with Gasteiger partial charge in [0.05, 0.1) is 19.2 Å². The van der Waals surface area contributed by atoms with Crippen molar-refractivity contribution in [2.75, 3.05) is 7.11 Å². The summed E-state index contributed by atoms with van der Waals surface area (Å²) in [5.41, 5.74) is 0.468. The molecule has 1 saturated carbocycles. The number of benzene rings is 1. The predicted octanol–water partition coefficient (Wildman–Crippen LogP) is 2.34. The first-order chi connectivity index (χ1) is 14.1. The van der Waals surface area contributed by atoms with Gasteiger partial charge in [0.2, 0.25) is 5.91 Å². The lowest BCUT2D eigenvalue weighted by atomic mass is 10.2. The van der Waals surface area contributed by atoms with E-state index in [2.05, 4.69) is 5.32 Å². The van der Waals surface area contributed by atoms with E-state index < -0.39 is 5.69 Å². The first kappa shape index (κ1) is 19.4. The number of rotatable bonds is 6. The van der Waals surface area contributed by atoms with Crippen LogP contribution in [0.25, 0.3) is 10.2 Å². The zero-order valence-corrected chi connectivity index (χ0v) is 17.0. The van der Waals surface area contributed by atoms with Gasteiger partial charge in [-0.15, -0.1) is 11.3 Å². The lowest BCUT2D eigenvalue weighted by molar-refractivity contribution is -0.122. The van der Waals surface area contributed by atoms with Crippen LogP contribution in [0, 0.1) is 0 Å². The normalized spacial score (nSPS) is 14.4. The molecule has 1 aliphatic rings. The van der Waals surface area contributed by atoms with E-state index in [0.717, 1.165) is 31.2 Å². The molecule has 0 unspecified atom stereocenters. The summed E-state index contributed by atoms with van der Waals surface area (Å²) in [5, 5.41) is 4.78. The molecule has 0 saturated heterocycles.